The Balaban J connectivity index is 1.66. The van der Waals surface area contributed by atoms with Crippen LogP contribution >= 0.6 is 11.6 Å². The molecule has 0 bridgehead atoms. The fourth-order valence-electron chi connectivity index (χ4n) is 3.40. The molecule has 2 aliphatic rings. The van der Waals surface area contributed by atoms with Gasteiger partial charge < -0.3 is 14.4 Å². The van der Waals surface area contributed by atoms with Gasteiger partial charge in [-0.05, 0) is 18.2 Å². The SMILES string of the molecule is CN(Cc1c2c(cc3c1OCC3)OCC2)C(=O)c1ccccc1Cl. The molecule has 0 aromatic heterocycles. The summed E-state index contributed by atoms with van der Waals surface area (Å²) < 4.78 is 11.6. The fourth-order valence-corrected chi connectivity index (χ4v) is 3.62. The molecule has 0 spiro atoms. The highest BCUT2D eigenvalue weighted by Crippen LogP contribution is 2.41. The Morgan fingerprint density at radius 3 is 2.83 bits per heavy atom. The van der Waals surface area contributed by atoms with Gasteiger partial charge in [0, 0.05) is 43.1 Å². The number of carbonyl (C=O) groups is 1. The lowest BCUT2D eigenvalue weighted by Gasteiger charge is -2.21. The minimum atomic E-state index is -0.0936. The minimum Gasteiger partial charge on any atom is -0.493 e. The normalized spacial score (nSPS) is 14.6. The first-order valence-corrected chi connectivity index (χ1v) is 8.46. The van der Waals surface area contributed by atoms with Crippen LogP contribution in [-0.2, 0) is 19.4 Å². The van der Waals surface area contributed by atoms with E-state index >= 15 is 0 Å². The molecule has 5 heteroatoms. The minimum absolute atomic E-state index is 0.0936. The molecule has 2 aromatic rings. The third-order valence-corrected chi connectivity index (χ3v) is 4.94. The lowest BCUT2D eigenvalue weighted by molar-refractivity contribution is 0.0784. The molecule has 0 aliphatic carbocycles. The van der Waals surface area contributed by atoms with Crippen LogP contribution in [0.3, 0.4) is 0 Å². The molecule has 24 heavy (non-hydrogen) atoms. The third-order valence-electron chi connectivity index (χ3n) is 4.61. The maximum atomic E-state index is 12.7. The van der Waals surface area contributed by atoms with E-state index in [2.05, 4.69) is 6.07 Å². The quantitative estimate of drug-likeness (QED) is 0.856. The van der Waals surface area contributed by atoms with E-state index in [4.69, 9.17) is 21.1 Å². The molecular formula is C19H18ClNO3. The molecule has 0 fully saturated rings. The highest BCUT2D eigenvalue weighted by atomic mass is 35.5. The summed E-state index contributed by atoms with van der Waals surface area (Å²) in [5, 5.41) is 0.470. The van der Waals surface area contributed by atoms with Crippen molar-refractivity contribution >= 4 is 17.5 Å². The van der Waals surface area contributed by atoms with Crippen molar-refractivity contribution in [1.82, 2.24) is 4.90 Å². The molecular weight excluding hydrogens is 326 g/mol. The number of ether oxygens (including phenoxy) is 2. The summed E-state index contributed by atoms with van der Waals surface area (Å²) in [6.45, 7) is 1.86. The van der Waals surface area contributed by atoms with Crippen molar-refractivity contribution in [3.8, 4) is 11.5 Å². The number of nitrogens with zero attached hydrogens (tertiary/aromatic N) is 1. The van der Waals surface area contributed by atoms with Crippen molar-refractivity contribution in [3.05, 3.63) is 57.6 Å². The van der Waals surface area contributed by atoms with Gasteiger partial charge in [0.1, 0.15) is 11.5 Å². The van der Waals surface area contributed by atoms with Crippen molar-refractivity contribution in [2.75, 3.05) is 20.3 Å². The first-order valence-electron chi connectivity index (χ1n) is 8.08. The first-order chi connectivity index (χ1) is 11.6. The van der Waals surface area contributed by atoms with Crippen molar-refractivity contribution in [2.45, 2.75) is 19.4 Å². The molecule has 0 N–H and O–H groups in total. The van der Waals surface area contributed by atoms with Gasteiger partial charge in [-0.3, -0.25) is 4.79 Å². The average molecular weight is 344 g/mol. The molecule has 2 aliphatic heterocycles. The van der Waals surface area contributed by atoms with E-state index in [1.165, 1.54) is 5.56 Å². The van der Waals surface area contributed by atoms with E-state index in [1.54, 1.807) is 24.1 Å². The number of halogens is 1. The predicted octanol–water partition coefficient (Wildman–Crippen LogP) is 3.48. The summed E-state index contributed by atoms with van der Waals surface area (Å²) in [5.41, 5.74) is 3.92. The maximum absolute atomic E-state index is 12.7. The maximum Gasteiger partial charge on any atom is 0.255 e. The Bertz CT molecular complexity index is 786. The monoisotopic (exact) mass is 343 g/mol. The largest absolute Gasteiger partial charge is 0.493 e. The zero-order chi connectivity index (χ0) is 16.7. The van der Waals surface area contributed by atoms with Gasteiger partial charge >= 0.3 is 0 Å². The highest BCUT2D eigenvalue weighted by molar-refractivity contribution is 6.33. The molecule has 2 aromatic carbocycles. The average Bonchev–Trinajstić information content (AvgIpc) is 3.23. The predicted molar refractivity (Wildman–Crippen MR) is 92.1 cm³/mol. The van der Waals surface area contributed by atoms with Crippen molar-refractivity contribution in [2.24, 2.45) is 0 Å². The van der Waals surface area contributed by atoms with Gasteiger partial charge in [0.15, 0.2) is 0 Å². The van der Waals surface area contributed by atoms with Gasteiger partial charge in [-0.2, -0.15) is 0 Å². The Labute approximate surface area is 145 Å². The Morgan fingerprint density at radius 2 is 2.00 bits per heavy atom. The van der Waals surface area contributed by atoms with Crippen molar-refractivity contribution < 1.29 is 14.3 Å². The van der Waals surface area contributed by atoms with Crippen LogP contribution in [0.25, 0.3) is 0 Å². The molecule has 0 atom stereocenters. The number of hydrogen-bond donors (Lipinski definition) is 0. The molecule has 4 rings (SSSR count). The smallest absolute Gasteiger partial charge is 0.255 e. The summed E-state index contributed by atoms with van der Waals surface area (Å²) in [4.78, 5) is 14.4. The molecule has 4 nitrogen and oxygen atoms in total. The second-order valence-corrected chi connectivity index (χ2v) is 6.57. The number of amides is 1. The zero-order valence-electron chi connectivity index (χ0n) is 13.5. The third kappa shape index (κ3) is 2.51. The van der Waals surface area contributed by atoms with Crippen LogP contribution in [0, 0.1) is 0 Å². The Morgan fingerprint density at radius 1 is 1.21 bits per heavy atom. The van der Waals surface area contributed by atoms with Crippen LogP contribution in [-0.4, -0.2) is 31.1 Å². The molecule has 0 unspecified atom stereocenters. The first kappa shape index (κ1) is 15.3. The fraction of sp³-hybridized carbons (Fsp3) is 0.316. The summed E-state index contributed by atoms with van der Waals surface area (Å²) in [6, 6.07) is 9.21. The van der Waals surface area contributed by atoms with E-state index in [0.717, 1.165) is 35.5 Å². The molecule has 0 saturated carbocycles. The van der Waals surface area contributed by atoms with Gasteiger partial charge in [0.25, 0.3) is 5.91 Å². The highest BCUT2D eigenvalue weighted by Gasteiger charge is 2.28. The van der Waals surface area contributed by atoms with E-state index in [1.807, 2.05) is 12.1 Å². The van der Waals surface area contributed by atoms with Crippen LogP contribution in [0.2, 0.25) is 5.02 Å². The molecule has 0 saturated heterocycles. The number of benzene rings is 2. The van der Waals surface area contributed by atoms with Crippen LogP contribution < -0.4 is 9.47 Å². The lowest BCUT2D eigenvalue weighted by atomic mass is 9.99. The lowest BCUT2D eigenvalue weighted by Crippen LogP contribution is -2.27. The standard InChI is InChI=1S/C19H18ClNO3/c1-21(19(22)14-4-2-3-5-16(14)20)11-15-13-7-9-23-17(13)10-12-6-8-24-18(12)15/h2-5,10H,6-9,11H2,1H3. The summed E-state index contributed by atoms with van der Waals surface area (Å²) in [6.07, 6.45) is 1.75. The van der Waals surface area contributed by atoms with E-state index in [-0.39, 0.29) is 5.91 Å². The van der Waals surface area contributed by atoms with Crippen LogP contribution in [0.4, 0.5) is 0 Å². The van der Waals surface area contributed by atoms with E-state index in [9.17, 15) is 4.79 Å². The second kappa shape index (κ2) is 6.02. The van der Waals surface area contributed by atoms with Gasteiger partial charge in [-0.1, -0.05) is 23.7 Å². The Kier molecular flexibility index (Phi) is 3.85. The van der Waals surface area contributed by atoms with Crippen LogP contribution in [0.1, 0.15) is 27.0 Å². The summed E-state index contributed by atoms with van der Waals surface area (Å²) in [7, 11) is 1.79. The van der Waals surface area contributed by atoms with Gasteiger partial charge in [0.2, 0.25) is 0 Å². The van der Waals surface area contributed by atoms with Gasteiger partial charge in [-0.15, -0.1) is 0 Å². The van der Waals surface area contributed by atoms with E-state index < -0.39 is 0 Å². The van der Waals surface area contributed by atoms with Gasteiger partial charge in [0.05, 0.1) is 23.8 Å². The number of carbonyl (C=O) groups excluding carboxylic acids is 1. The Hall–Kier alpha value is -2.20. The molecule has 2 heterocycles. The zero-order valence-corrected chi connectivity index (χ0v) is 14.2. The summed E-state index contributed by atoms with van der Waals surface area (Å²) in [5.74, 6) is 1.77. The number of rotatable bonds is 3. The van der Waals surface area contributed by atoms with Crippen molar-refractivity contribution in [3.63, 3.8) is 0 Å². The van der Waals surface area contributed by atoms with E-state index in [0.29, 0.717) is 30.3 Å². The second-order valence-electron chi connectivity index (χ2n) is 6.16. The van der Waals surface area contributed by atoms with Gasteiger partial charge in [-0.25, -0.2) is 0 Å². The molecule has 124 valence electrons. The molecule has 1 amide bonds. The van der Waals surface area contributed by atoms with Crippen molar-refractivity contribution in [1.29, 1.82) is 0 Å². The molecule has 0 radical (unpaired) electrons. The van der Waals surface area contributed by atoms with Crippen LogP contribution in [0.15, 0.2) is 30.3 Å². The summed E-state index contributed by atoms with van der Waals surface area (Å²) >= 11 is 6.16. The topological polar surface area (TPSA) is 38.8 Å². The number of hydrogen-bond acceptors (Lipinski definition) is 3. The van der Waals surface area contributed by atoms with Crippen LogP contribution in [0.5, 0.6) is 11.5 Å². The number of fused-ring (bicyclic) bond motifs is 2.